The molecule has 1 saturated heterocycles. The molecule has 13 heteroatoms. The van der Waals surface area contributed by atoms with E-state index in [2.05, 4.69) is 0 Å². The van der Waals surface area contributed by atoms with Gasteiger partial charge in [-0.25, -0.2) is 4.79 Å². The minimum Gasteiger partial charge on any atom is -0.493 e. The summed E-state index contributed by atoms with van der Waals surface area (Å²) < 4.78 is 44.0. The molecule has 0 spiro atoms. The van der Waals surface area contributed by atoms with Crippen molar-refractivity contribution in [1.29, 1.82) is 0 Å². The summed E-state index contributed by atoms with van der Waals surface area (Å²) in [6.45, 7) is 4.16. The van der Waals surface area contributed by atoms with Crippen LogP contribution in [-0.4, -0.2) is 74.3 Å². The molecule has 3 rings (SSSR count). The third kappa shape index (κ3) is 8.93. The first kappa shape index (κ1) is 31.9. The summed E-state index contributed by atoms with van der Waals surface area (Å²) in [6.07, 6.45) is -6.86. The van der Waals surface area contributed by atoms with Crippen LogP contribution in [0.5, 0.6) is 11.5 Å². The summed E-state index contributed by atoms with van der Waals surface area (Å²) in [5.41, 5.74) is 0.970. The molecule has 0 aliphatic carbocycles. The van der Waals surface area contributed by atoms with Crippen LogP contribution in [0.25, 0.3) is 0 Å². The van der Waals surface area contributed by atoms with Crippen molar-refractivity contribution in [2.75, 3.05) is 13.7 Å². The SMILES string of the molecule is COc1cc(C(=O)OCc2ccccc2)ccc1OC1O[C@H](COC(C)=O)[C@H](OC(C)=O)[C@H](OC(C)=O)[C@H]1OC(C)=O. The molecule has 0 N–H and O–H groups in total. The maximum absolute atomic E-state index is 12.7. The van der Waals surface area contributed by atoms with Gasteiger partial charge in [-0.15, -0.1) is 0 Å². The zero-order valence-corrected chi connectivity index (χ0v) is 23.7. The second kappa shape index (κ2) is 14.8. The van der Waals surface area contributed by atoms with Crippen LogP contribution < -0.4 is 9.47 Å². The van der Waals surface area contributed by atoms with Gasteiger partial charge in [0.1, 0.15) is 19.3 Å². The van der Waals surface area contributed by atoms with Crippen molar-refractivity contribution in [3.8, 4) is 11.5 Å². The molecule has 5 atom stereocenters. The monoisotopic (exact) mass is 588 g/mol. The van der Waals surface area contributed by atoms with E-state index in [0.717, 1.165) is 26.3 Å². The van der Waals surface area contributed by atoms with Crippen LogP contribution in [-0.2, 0) is 54.2 Å². The zero-order valence-electron chi connectivity index (χ0n) is 23.7. The molecule has 1 aliphatic rings. The fourth-order valence-corrected chi connectivity index (χ4v) is 4.11. The Hall–Kier alpha value is -4.65. The number of carbonyl (C=O) groups excluding carboxylic acids is 5. The van der Waals surface area contributed by atoms with Gasteiger partial charge in [0.05, 0.1) is 12.7 Å². The summed E-state index contributed by atoms with van der Waals surface area (Å²) in [5.74, 6) is -3.44. The molecule has 1 aliphatic heterocycles. The Balaban J connectivity index is 1.91. The van der Waals surface area contributed by atoms with Gasteiger partial charge >= 0.3 is 29.8 Å². The molecule has 13 nitrogen and oxygen atoms in total. The zero-order chi connectivity index (χ0) is 30.8. The molecule has 0 amide bonds. The van der Waals surface area contributed by atoms with Crippen LogP contribution in [0, 0.1) is 0 Å². The van der Waals surface area contributed by atoms with Crippen LogP contribution in [0.2, 0.25) is 0 Å². The number of ether oxygens (including phenoxy) is 8. The summed E-state index contributed by atoms with van der Waals surface area (Å²) in [6, 6.07) is 13.4. The lowest BCUT2D eigenvalue weighted by molar-refractivity contribution is -0.288. The summed E-state index contributed by atoms with van der Waals surface area (Å²) in [7, 11) is 1.34. The quantitative estimate of drug-likeness (QED) is 0.279. The van der Waals surface area contributed by atoms with Gasteiger partial charge in [-0.05, 0) is 23.8 Å². The van der Waals surface area contributed by atoms with E-state index in [-0.39, 0.29) is 23.7 Å². The maximum atomic E-state index is 12.7. The Kier molecular flexibility index (Phi) is 11.3. The standard InChI is InChI=1S/C29H32O13/c1-16(30)36-15-24-25(38-17(2)31)26(39-18(3)32)27(40-19(4)33)29(42-24)41-22-12-11-21(13-23(22)35-5)28(34)37-14-20-9-7-6-8-10-20/h6-13,24-27,29H,14-15H2,1-5H3/t24-,25+,26+,27-,29?/m1/s1. The molecular formula is C29H32O13. The van der Waals surface area contributed by atoms with Crippen molar-refractivity contribution in [1.82, 2.24) is 0 Å². The lowest BCUT2D eigenvalue weighted by atomic mass is 9.98. The molecule has 1 heterocycles. The van der Waals surface area contributed by atoms with E-state index in [4.69, 9.17) is 37.9 Å². The highest BCUT2D eigenvalue weighted by molar-refractivity contribution is 5.90. The van der Waals surface area contributed by atoms with Crippen LogP contribution in [0.1, 0.15) is 43.6 Å². The van der Waals surface area contributed by atoms with Crippen molar-refractivity contribution >= 4 is 29.8 Å². The predicted octanol–water partition coefficient (Wildman–Crippen LogP) is 2.51. The van der Waals surface area contributed by atoms with Crippen LogP contribution in [0.3, 0.4) is 0 Å². The summed E-state index contributed by atoms with van der Waals surface area (Å²) in [5, 5.41) is 0. The van der Waals surface area contributed by atoms with E-state index >= 15 is 0 Å². The first-order valence-electron chi connectivity index (χ1n) is 12.8. The first-order valence-corrected chi connectivity index (χ1v) is 12.8. The van der Waals surface area contributed by atoms with Gasteiger partial charge in [-0.2, -0.15) is 0 Å². The van der Waals surface area contributed by atoms with Crippen molar-refractivity contribution in [2.45, 2.75) is 65.0 Å². The molecule has 226 valence electrons. The first-order chi connectivity index (χ1) is 20.0. The highest BCUT2D eigenvalue weighted by Gasteiger charge is 2.53. The van der Waals surface area contributed by atoms with Crippen molar-refractivity contribution in [3.63, 3.8) is 0 Å². The Morgan fingerprint density at radius 3 is 1.93 bits per heavy atom. The third-order valence-corrected chi connectivity index (χ3v) is 5.80. The van der Waals surface area contributed by atoms with Crippen molar-refractivity contribution in [3.05, 3.63) is 59.7 Å². The molecule has 0 saturated carbocycles. The average molecular weight is 589 g/mol. The molecule has 1 fully saturated rings. The molecule has 2 aromatic carbocycles. The largest absolute Gasteiger partial charge is 0.493 e. The van der Waals surface area contributed by atoms with Gasteiger partial charge in [0.2, 0.25) is 12.4 Å². The van der Waals surface area contributed by atoms with Crippen molar-refractivity contribution in [2.24, 2.45) is 0 Å². The Morgan fingerprint density at radius 1 is 0.714 bits per heavy atom. The summed E-state index contributed by atoms with van der Waals surface area (Å²) >= 11 is 0. The van der Waals surface area contributed by atoms with E-state index in [1.807, 2.05) is 30.3 Å². The van der Waals surface area contributed by atoms with E-state index in [1.54, 1.807) is 0 Å². The van der Waals surface area contributed by atoms with Crippen LogP contribution in [0.4, 0.5) is 0 Å². The molecular weight excluding hydrogens is 556 g/mol. The molecule has 0 aromatic heterocycles. The Bertz CT molecular complexity index is 1280. The topological polar surface area (TPSA) is 159 Å². The average Bonchev–Trinajstić information content (AvgIpc) is 2.93. The number of rotatable bonds is 11. The minimum atomic E-state index is -1.48. The second-order valence-electron chi connectivity index (χ2n) is 9.11. The number of esters is 5. The van der Waals surface area contributed by atoms with Crippen LogP contribution in [0.15, 0.2) is 48.5 Å². The Morgan fingerprint density at radius 2 is 1.33 bits per heavy atom. The highest BCUT2D eigenvalue weighted by atomic mass is 16.7. The Labute approximate surface area is 241 Å². The van der Waals surface area contributed by atoms with Gasteiger partial charge < -0.3 is 37.9 Å². The van der Waals surface area contributed by atoms with E-state index < -0.39 is 67.2 Å². The molecule has 0 bridgehead atoms. The van der Waals surface area contributed by atoms with Crippen LogP contribution >= 0.6 is 0 Å². The maximum Gasteiger partial charge on any atom is 0.338 e. The molecule has 0 radical (unpaired) electrons. The lowest BCUT2D eigenvalue weighted by Gasteiger charge is -2.44. The smallest absolute Gasteiger partial charge is 0.338 e. The van der Waals surface area contributed by atoms with E-state index in [0.29, 0.717) is 0 Å². The highest BCUT2D eigenvalue weighted by Crippen LogP contribution is 2.35. The number of methoxy groups -OCH3 is 1. The second-order valence-corrected chi connectivity index (χ2v) is 9.11. The third-order valence-electron chi connectivity index (χ3n) is 5.80. The number of carbonyl (C=O) groups is 5. The number of hydrogen-bond acceptors (Lipinski definition) is 13. The normalized spacial score (nSPS) is 21.3. The fourth-order valence-electron chi connectivity index (χ4n) is 4.11. The number of benzene rings is 2. The molecule has 1 unspecified atom stereocenters. The van der Waals surface area contributed by atoms with Gasteiger partial charge in [0, 0.05) is 27.7 Å². The van der Waals surface area contributed by atoms with Gasteiger partial charge in [-0.1, -0.05) is 30.3 Å². The van der Waals surface area contributed by atoms with Gasteiger partial charge in [0.25, 0.3) is 0 Å². The predicted molar refractivity (Wildman–Crippen MR) is 141 cm³/mol. The van der Waals surface area contributed by atoms with Crippen molar-refractivity contribution < 1.29 is 61.9 Å². The molecule has 42 heavy (non-hydrogen) atoms. The van der Waals surface area contributed by atoms with Gasteiger partial charge in [0.15, 0.2) is 23.7 Å². The molecule has 2 aromatic rings. The number of hydrogen-bond donors (Lipinski definition) is 0. The van der Waals surface area contributed by atoms with Gasteiger partial charge in [-0.3, -0.25) is 19.2 Å². The van der Waals surface area contributed by atoms with E-state index in [9.17, 15) is 24.0 Å². The fraction of sp³-hybridized carbons (Fsp3) is 0.414. The minimum absolute atomic E-state index is 0.0537. The van der Waals surface area contributed by atoms with E-state index in [1.165, 1.54) is 32.2 Å². The summed E-state index contributed by atoms with van der Waals surface area (Å²) in [4.78, 5) is 60.2. The lowest BCUT2D eigenvalue weighted by Crippen LogP contribution is -2.63.